The van der Waals surface area contributed by atoms with Crippen LogP contribution < -0.4 is 9.47 Å². The highest BCUT2D eigenvalue weighted by Gasteiger charge is 2.50. The first-order valence-electron chi connectivity index (χ1n) is 8.36. The van der Waals surface area contributed by atoms with Crippen molar-refractivity contribution in [3.63, 3.8) is 0 Å². The SMILES string of the molecule is COC1C=CC2=CCN3CCC(=O)c4cc5c(cc4[C@]23C1)OCO5. The summed E-state index contributed by atoms with van der Waals surface area (Å²) < 4.78 is 16.7. The lowest BCUT2D eigenvalue weighted by Gasteiger charge is -2.44. The maximum atomic E-state index is 12.8. The van der Waals surface area contributed by atoms with Crippen LogP contribution in [0.5, 0.6) is 11.5 Å². The highest BCUT2D eigenvalue weighted by Crippen LogP contribution is 2.52. The van der Waals surface area contributed by atoms with Crippen molar-refractivity contribution in [3.05, 3.63) is 47.1 Å². The molecule has 0 saturated heterocycles. The molecule has 4 aliphatic rings. The summed E-state index contributed by atoms with van der Waals surface area (Å²) in [6.07, 6.45) is 7.91. The molecule has 124 valence electrons. The third kappa shape index (κ3) is 1.74. The molecule has 1 aromatic carbocycles. The third-order valence-electron chi connectivity index (χ3n) is 5.71. The Morgan fingerprint density at radius 3 is 2.96 bits per heavy atom. The quantitative estimate of drug-likeness (QED) is 0.793. The first kappa shape index (κ1) is 14.3. The fraction of sp³-hybridized carbons (Fsp3) is 0.421. The van der Waals surface area contributed by atoms with Crippen molar-refractivity contribution in [2.24, 2.45) is 0 Å². The maximum absolute atomic E-state index is 12.8. The van der Waals surface area contributed by atoms with Crippen molar-refractivity contribution in [2.75, 3.05) is 27.0 Å². The van der Waals surface area contributed by atoms with Crippen molar-refractivity contribution < 1.29 is 19.0 Å². The predicted molar refractivity (Wildman–Crippen MR) is 87.4 cm³/mol. The standard InChI is InChI=1S/C19H19NO4/c1-22-13-3-2-12-4-6-20-7-5-16(21)14-8-17-18(24-11-23-17)9-15(14)19(12,20)10-13/h2-4,8-9,13H,5-7,10-11H2,1H3/t13?,19-/m0/s1. The van der Waals surface area contributed by atoms with Gasteiger partial charge in [-0.3, -0.25) is 9.69 Å². The summed E-state index contributed by atoms with van der Waals surface area (Å²) in [7, 11) is 1.74. The lowest BCUT2D eigenvalue weighted by molar-refractivity contribution is 0.0583. The average molecular weight is 325 g/mol. The van der Waals surface area contributed by atoms with Crippen LogP contribution in [0, 0.1) is 0 Å². The van der Waals surface area contributed by atoms with Gasteiger partial charge in [0.1, 0.15) is 0 Å². The van der Waals surface area contributed by atoms with Crippen LogP contribution in [-0.2, 0) is 10.3 Å². The van der Waals surface area contributed by atoms with Crippen LogP contribution in [0.4, 0.5) is 0 Å². The number of hydrogen-bond acceptors (Lipinski definition) is 5. The van der Waals surface area contributed by atoms with E-state index in [9.17, 15) is 4.79 Å². The number of hydrogen-bond donors (Lipinski definition) is 0. The van der Waals surface area contributed by atoms with E-state index < -0.39 is 0 Å². The largest absolute Gasteiger partial charge is 0.454 e. The number of ketones is 1. The fourth-order valence-corrected chi connectivity index (χ4v) is 4.50. The molecule has 24 heavy (non-hydrogen) atoms. The molecule has 0 fully saturated rings. The lowest BCUT2D eigenvalue weighted by atomic mass is 9.73. The second-order valence-corrected chi connectivity index (χ2v) is 6.73. The van der Waals surface area contributed by atoms with Gasteiger partial charge in [-0.2, -0.15) is 0 Å². The number of carbonyl (C=O) groups is 1. The van der Waals surface area contributed by atoms with Gasteiger partial charge in [-0.25, -0.2) is 0 Å². The minimum atomic E-state index is -0.308. The molecule has 2 atom stereocenters. The fourth-order valence-electron chi connectivity index (χ4n) is 4.50. The van der Waals surface area contributed by atoms with E-state index in [0.717, 1.165) is 36.4 Å². The van der Waals surface area contributed by atoms with Gasteiger partial charge < -0.3 is 14.2 Å². The number of ether oxygens (including phenoxy) is 3. The van der Waals surface area contributed by atoms with Crippen molar-refractivity contribution >= 4 is 5.78 Å². The molecule has 0 saturated carbocycles. The Morgan fingerprint density at radius 1 is 1.29 bits per heavy atom. The smallest absolute Gasteiger partial charge is 0.231 e. The molecule has 5 nitrogen and oxygen atoms in total. The van der Waals surface area contributed by atoms with Gasteiger partial charge in [0.25, 0.3) is 0 Å². The van der Waals surface area contributed by atoms with Gasteiger partial charge in [-0.15, -0.1) is 0 Å². The van der Waals surface area contributed by atoms with Crippen molar-refractivity contribution in [2.45, 2.75) is 24.5 Å². The zero-order valence-corrected chi connectivity index (χ0v) is 13.6. The van der Waals surface area contributed by atoms with Gasteiger partial charge in [0.05, 0.1) is 11.6 Å². The molecule has 5 rings (SSSR count). The first-order valence-corrected chi connectivity index (χ1v) is 8.36. The monoisotopic (exact) mass is 325 g/mol. The molecule has 1 aliphatic carbocycles. The van der Waals surface area contributed by atoms with Gasteiger partial charge in [0.2, 0.25) is 6.79 Å². The summed E-state index contributed by atoms with van der Waals surface area (Å²) in [5, 5.41) is 0. The Kier molecular flexibility index (Phi) is 2.94. The van der Waals surface area contributed by atoms with E-state index in [1.807, 2.05) is 12.1 Å². The molecule has 3 aliphatic heterocycles. The number of fused-ring (bicyclic) bond motifs is 2. The van der Waals surface area contributed by atoms with Crippen molar-refractivity contribution in [1.82, 2.24) is 4.90 Å². The zero-order chi connectivity index (χ0) is 16.3. The number of methoxy groups -OCH3 is 1. The van der Waals surface area contributed by atoms with E-state index in [4.69, 9.17) is 14.2 Å². The molecule has 0 aromatic heterocycles. The number of carbonyl (C=O) groups excluding carboxylic acids is 1. The molecule has 1 aromatic rings. The molecule has 1 unspecified atom stereocenters. The predicted octanol–water partition coefficient (Wildman–Crippen LogP) is 2.41. The van der Waals surface area contributed by atoms with Crippen LogP contribution in [0.2, 0.25) is 0 Å². The van der Waals surface area contributed by atoms with Crippen molar-refractivity contribution in [1.29, 1.82) is 0 Å². The van der Waals surface area contributed by atoms with Crippen LogP contribution in [-0.4, -0.2) is 43.8 Å². The molecule has 3 heterocycles. The number of benzene rings is 1. The van der Waals surface area contributed by atoms with Crippen LogP contribution in [0.25, 0.3) is 0 Å². The summed E-state index contributed by atoms with van der Waals surface area (Å²) in [6, 6.07) is 3.88. The van der Waals surface area contributed by atoms with E-state index in [0.29, 0.717) is 12.2 Å². The molecule has 0 N–H and O–H groups in total. The third-order valence-corrected chi connectivity index (χ3v) is 5.71. The Balaban J connectivity index is 1.77. The van der Waals surface area contributed by atoms with E-state index in [2.05, 4.69) is 23.1 Å². The normalized spacial score (nSPS) is 30.5. The average Bonchev–Trinajstić information content (AvgIpc) is 3.19. The molecular weight excluding hydrogens is 306 g/mol. The van der Waals surface area contributed by atoms with Crippen molar-refractivity contribution in [3.8, 4) is 11.5 Å². The van der Waals surface area contributed by atoms with E-state index in [1.165, 1.54) is 5.57 Å². The second kappa shape index (κ2) is 4.94. The van der Waals surface area contributed by atoms with Gasteiger partial charge >= 0.3 is 0 Å². The van der Waals surface area contributed by atoms with Crippen LogP contribution in [0.15, 0.2) is 35.9 Å². The molecule has 0 amide bonds. The van der Waals surface area contributed by atoms with E-state index in [1.54, 1.807) is 7.11 Å². The Hall–Kier alpha value is -2.11. The van der Waals surface area contributed by atoms with E-state index >= 15 is 0 Å². The Labute approximate surface area is 140 Å². The highest BCUT2D eigenvalue weighted by molar-refractivity contribution is 5.99. The van der Waals surface area contributed by atoms with Crippen LogP contribution >= 0.6 is 0 Å². The number of rotatable bonds is 1. The van der Waals surface area contributed by atoms with Gasteiger partial charge in [0.15, 0.2) is 17.3 Å². The zero-order valence-electron chi connectivity index (χ0n) is 13.6. The number of nitrogens with zero attached hydrogens (tertiary/aromatic N) is 1. The minimum Gasteiger partial charge on any atom is -0.454 e. The van der Waals surface area contributed by atoms with E-state index in [-0.39, 0.29) is 24.2 Å². The van der Waals surface area contributed by atoms with Crippen LogP contribution in [0.1, 0.15) is 28.8 Å². The van der Waals surface area contributed by atoms with Gasteiger partial charge in [-0.05, 0) is 23.3 Å². The highest BCUT2D eigenvalue weighted by atomic mass is 16.7. The summed E-state index contributed by atoms with van der Waals surface area (Å²) >= 11 is 0. The minimum absolute atomic E-state index is 0.0363. The molecule has 0 bridgehead atoms. The molecule has 0 radical (unpaired) electrons. The summed E-state index contributed by atoms with van der Waals surface area (Å²) in [5.74, 6) is 1.58. The molecular formula is C19H19NO4. The summed E-state index contributed by atoms with van der Waals surface area (Å²) in [4.78, 5) is 15.2. The topological polar surface area (TPSA) is 48.0 Å². The van der Waals surface area contributed by atoms with Gasteiger partial charge in [-0.1, -0.05) is 18.2 Å². The molecule has 5 heteroatoms. The Morgan fingerprint density at radius 2 is 2.12 bits per heavy atom. The lowest BCUT2D eigenvalue weighted by Crippen LogP contribution is -2.47. The van der Waals surface area contributed by atoms with Gasteiger partial charge in [0, 0.05) is 38.6 Å². The maximum Gasteiger partial charge on any atom is 0.231 e. The Bertz CT molecular complexity index is 797. The molecule has 1 spiro atoms. The number of Topliss-reactive ketones (excluding diaryl/α,β-unsaturated/α-hetero) is 1. The summed E-state index contributed by atoms with van der Waals surface area (Å²) in [5.41, 5.74) is 2.74. The first-order chi connectivity index (χ1) is 11.7. The van der Waals surface area contributed by atoms with Crippen LogP contribution in [0.3, 0.4) is 0 Å². The summed E-state index contributed by atoms with van der Waals surface area (Å²) in [6.45, 7) is 1.83. The second-order valence-electron chi connectivity index (χ2n) is 6.73.